The van der Waals surface area contributed by atoms with E-state index in [1.165, 1.54) is 47.6 Å². The van der Waals surface area contributed by atoms with Crippen LogP contribution in [0.4, 0.5) is 0 Å². The standard InChI is InChI=1S/C15H10Br.C15H9S.2HI.Zr/c16-14-8-4-7-12-9-10-13(15(12)14)11-5-2-1-3-6-11;1-3-10-9-11(4-1)16-15-6-2-5-13-12(10)7-8-14(13)15;;;/h1-9,13H;1-6,8-9,12H;2*1H;/q;;;;+2/p-2. The molecular formula is C30H19BrI2SZr. The summed E-state index contributed by atoms with van der Waals surface area (Å²) in [6.45, 7) is 0. The van der Waals surface area contributed by atoms with Crippen molar-refractivity contribution in [2.45, 2.75) is 21.6 Å². The van der Waals surface area contributed by atoms with Gasteiger partial charge in [0.05, 0.1) is 0 Å². The minimum absolute atomic E-state index is 0. The summed E-state index contributed by atoms with van der Waals surface area (Å²) >= 11 is 4.76. The van der Waals surface area contributed by atoms with Gasteiger partial charge in [0, 0.05) is 0 Å². The van der Waals surface area contributed by atoms with Crippen molar-refractivity contribution >= 4 is 39.8 Å². The van der Waals surface area contributed by atoms with Gasteiger partial charge in [-0.05, 0) is 0 Å². The molecule has 0 amide bonds. The van der Waals surface area contributed by atoms with E-state index in [-0.39, 0.29) is 48.0 Å². The zero-order valence-electron chi connectivity index (χ0n) is 18.5. The largest absolute Gasteiger partial charge is 1.00 e. The Morgan fingerprint density at radius 1 is 0.686 bits per heavy atom. The van der Waals surface area contributed by atoms with Crippen molar-refractivity contribution in [1.29, 1.82) is 0 Å². The summed E-state index contributed by atoms with van der Waals surface area (Å²) < 4.78 is 4.56. The molecule has 5 heteroatoms. The number of rotatable bonds is 3. The van der Waals surface area contributed by atoms with Gasteiger partial charge < -0.3 is 48.0 Å². The second-order valence-electron chi connectivity index (χ2n) is 8.78. The van der Waals surface area contributed by atoms with Crippen LogP contribution in [0.5, 0.6) is 0 Å². The van der Waals surface area contributed by atoms with Crippen LogP contribution in [0, 0.1) is 0 Å². The third kappa shape index (κ3) is 4.56. The molecule has 0 radical (unpaired) electrons. The summed E-state index contributed by atoms with van der Waals surface area (Å²) in [7, 11) is 0. The molecular weight excluding hydrogens is 817 g/mol. The van der Waals surface area contributed by atoms with Crippen LogP contribution in [0.25, 0.3) is 12.2 Å². The molecule has 2 unspecified atom stereocenters. The van der Waals surface area contributed by atoms with E-state index in [0.717, 1.165) is 0 Å². The van der Waals surface area contributed by atoms with Crippen LogP contribution in [0.2, 0.25) is 0 Å². The Bertz CT molecular complexity index is 1500. The van der Waals surface area contributed by atoms with Gasteiger partial charge in [-0.2, -0.15) is 0 Å². The van der Waals surface area contributed by atoms with E-state index in [4.69, 9.17) is 0 Å². The topological polar surface area (TPSA) is 0 Å². The minimum atomic E-state index is -1.03. The maximum absolute atomic E-state index is 3.88. The Morgan fingerprint density at radius 3 is 2.29 bits per heavy atom. The van der Waals surface area contributed by atoms with Gasteiger partial charge in [-0.3, -0.25) is 0 Å². The summed E-state index contributed by atoms with van der Waals surface area (Å²) in [6, 6.07) is 33.8. The first-order valence-corrected chi connectivity index (χ1v) is 15.3. The molecule has 0 fully saturated rings. The van der Waals surface area contributed by atoms with Gasteiger partial charge in [-0.1, -0.05) is 0 Å². The van der Waals surface area contributed by atoms with Crippen LogP contribution >= 0.6 is 27.7 Å². The molecule has 2 atom stereocenters. The fourth-order valence-electron chi connectivity index (χ4n) is 5.47. The molecule has 6 bridgehead atoms. The van der Waals surface area contributed by atoms with Crippen LogP contribution in [-0.2, 0) is 23.2 Å². The maximum atomic E-state index is 3.88. The predicted molar refractivity (Wildman–Crippen MR) is 137 cm³/mol. The Labute approximate surface area is 264 Å². The average Bonchev–Trinajstić information content (AvgIpc) is 3.40. The van der Waals surface area contributed by atoms with E-state index < -0.39 is 23.2 Å². The van der Waals surface area contributed by atoms with Gasteiger partial charge in [0.2, 0.25) is 0 Å². The van der Waals surface area contributed by atoms with Crippen molar-refractivity contribution in [2.24, 2.45) is 0 Å². The van der Waals surface area contributed by atoms with Crippen molar-refractivity contribution in [3.63, 3.8) is 0 Å². The van der Waals surface area contributed by atoms with E-state index in [1.807, 2.05) is 11.8 Å². The first kappa shape index (κ1) is 26.2. The zero-order chi connectivity index (χ0) is 21.9. The Morgan fingerprint density at radius 2 is 1.43 bits per heavy atom. The summed E-state index contributed by atoms with van der Waals surface area (Å²) in [5.74, 6) is 0.774. The van der Waals surface area contributed by atoms with Crippen molar-refractivity contribution in [3.8, 4) is 0 Å². The SMILES string of the molecule is Brc1cccc2c1C(c1ccccc1)[C]([Zr+2][C]1=Cc3c4cccc3C1c1cccc(c1)S4)=C2.[I-].[I-]. The van der Waals surface area contributed by atoms with Crippen LogP contribution in [0.1, 0.15) is 45.2 Å². The summed E-state index contributed by atoms with van der Waals surface area (Å²) in [5, 5.41) is 0. The van der Waals surface area contributed by atoms with Crippen molar-refractivity contribution < 1.29 is 71.2 Å². The van der Waals surface area contributed by atoms with Gasteiger partial charge in [0.1, 0.15) is 0 Å². The molecule has 170 valence electrons. The van der Waals surface area contributed by atoms with Crippen LogP contribution in [0.3, 0.4) is 0 Å². The molecule has 4 aromatic carbocycles. The molecule has 0 saturated carbocycles. The van der Waals surface area contributed by atoms with Crippen molar-refractivity contribution in [3.05, 3.63) is 135 Å². The Balaban J connectivity index is 0.00000127. The molecule has 0 saturated heterocycles. The summed E-state index contributed by atoms with van der Waals surface area (Å²) in [4.78, 5) is 2.75. The fourth-order valence-corrected chi connectivity index (χ4v) is 11.3. The third-order valence-corrected chi connectivity index (χ3v) is 12.2. The Kier molecular flexibility index (Phi) is 8.01. The van der Waals surface area contributed by atoms with E-state index in [9.17, 15) is 0 Å². The maximum Gasteiger partial charge on any atom is -1.00 e. The monoisotopic (exact) mass is 834 g/mol. The van der Waals surface area contributed by atoms with Crippen molar-refractivity contribution in [1.82, 2.24) is 0 Å². The normalized spacial score (nSPS) is 18.1. The molecule has 35 heavy (non-hydrogen) atoms. The van der Waals surface area contributed by atoms with Gasteiger partial charge in [-0.15, -0.1) is 0 Å². The van der Waals surface area contributed by atoms with Gasteiger partial charge in [-0.25, -0.2) is 0 Å². The Hall–Kier alpha value is -0.467. The number of halogens is 3. The number of allylic oxidation sites excluding steroid dienone is 2. The van der Waals surface area contributed by atoms with E-state index >= 15 is 0 Å². The second kappa shape index (κ2) is 10.7. The minimum Gasteiger partial charge on any atom is -1.00 e. The fraction of sp³-hybridized carbons (Fsp3) is 0.0667. The van der Waals surface area contributed by atoms with Crippen molar-refractivity contribution in [2.75, 3.05) is 0 Å². The van der Waals surface area contributed by atoms with Crippen LogP contribution < -0.4 is 48.0 Å². The number of hydrogen-bond acceptors (Lipinski definition) is 1. The van der Waals surface area contributed by atoms with Crippen LogP contribution in [0.15, 0.2) is 112 Å². The molecule has 0 spiro atoms. The first-order chi connectivity index (χ1) is 16.3. The van der Waals surface area contributed by atoms with Crippen LogP contribution in [-0.4, -0.2) is 0 Å². The average molecular weight is 836 g/mol. The molecule has 1 aliphatic heterocycles. The second-order valence-corrected chi connectivity index (χ2v) is 14.2. The molecule has 0 aromatic heterocycles. The molecule has 3 aliphatic rings. The number of fused-ring (bicyclic) bond motifs is 4. The molecule has 1 heterocycles. The smallest absolute Gasteiger partial charge is 1.00 e. The van der Waals surface area contributed by atoms with Gasteiger partial charge >= 0.3 is 220 Å². The number of hydrogen-bond donors (Lipinski definition) is 0. The third-order valence-electron chi connectivity index (χ3n) is 6.86. The summed E-state index contributed by atoms with van der Waals surface area (Å²) in [5.41, 5.74) is 8.64. The van der Waals surface area contributed by atoms with Gasteiger partial charge in [0.15, 0.2) is 0 Å². The molecule has 0 N–H and O–H groups in total. The predicted octanol–water partition coefficient (Wildman–Crippen LogP) is 2.68. The quantitative estimate of drug-likeness (QED) is 0.287. The van der Waals surface area contributed by atoms with Gasteiger partial charge in [0.25, 0.3) is 0 Å². The number of benzene rings is 4. The molecule has 4 aromatic rings. The summed E-state index contributed by atoms with van der Waals surface area (Å²) in [6.07, 6.45) is 5.07. The zero-order valence-corrected chi connectivity index (χ0v) is 27.7. The van der Waals surface area contributed by atoms with E-state index in [0.29, 0.717) is 11.8 Å². The first-order valence-electron chi connectivity index (χ1n) is 11.2. The van der Waals surface area contributed by atoms with E-state index in [2.05, 4.69) is 119 Å². The molecule has 2 aliphatic carbocycles. The molecule has 7 rings (SSSR count). The molecule has 0 nitrogen and oxygen atoms in total. The van der Waals surface area contributed by atoms with E-state index in [1.54, 1.807) is 6.56 Å².